The summed E-state index contributed by atoms with van der Waals surface area (Å²) in [6, 6.07) is 4.45. The lowest BCUT2D eigenvalue weighted by Gasteiger charge is -2.25. The van der Waals surface area contributed by atoms with E-state index in [9.17, 15) is 4.39 Å². The molecule has 1 aromatic heterocycles. The van der Waals surface area contributed by atoms with Crippen LogP contribution in [-0.4, -0.2) is 29.4 Å². The van der Waals surface area contributed by atoms with Crippen molar-refractivity contribution in [2.45, 2.75) is 25.3 Å². The largest absolute Gasteiger partial charge is 0.381 e. The number of aryl methyl sites for hydroxylation is 1. The molecule has 3 rings (SSSR count). The molecule has 2 heterocycles. The highest BCUT2D eigenvalue weighted by Crippen LogP contribution is 2.27. The zero-order chi connectivity index (χ0) is 14.1. The minimum atomic E-state index is -0.324. The van der Waals surface area contributed by atoms with E-state index < -0.39 is 0 Å². The molecular weight excluding hydrogens is 261 g/mol. The van der Waals surface area contributed by atoms with Crippen LogP contribution in [0.15, 0.2) is 22.7 Å². The summed E-state index contributed by atoms with van der Waals surface area (Å²) in [5.74, 6) is 0.416. The SMILES string of the molecule is Cc1ccc(F)cc1-c1noc(C2COCCC2N)n1. The summed E-state index contributed by atoms with van der Waals surface area (Å²) in [4.78, 5) is 4.35. The van der Waals surface area contributed by atoms with Crippen molar-refractivity contribution in [2.24, 2.45) is 5.73 Å². The van der Waals surface area contributed by atoms with Gasteiger partial charge < -0.3 is 15.0 Å². The Morgan fingerprint density at radius 2 is 2.25 bits per heavy atom. The van der Waals surface area contributed by atoms with E-state index in [1.165, 1.54) is 12.1 Å². The van der Waals surface area contributed by atoms with E-state index in [1.807, 2.05) is 6.92 Å². The predicted octanol–water partition coefficient (Wildman–Crippen LogP) is 2.02. The van der Waals surface area contributed by atoms with Crippen LogP contribution in [0.5, 0.6) is 0 Å². The van der Waals surface area contributed by atoms with Crippen LogP contribution >= 0.6 is 0 Å². The molecule has 106 valence electrons. The molecule has 5 nitrogen and oxygen atoms in total. The summed E-state index contributed by atoms with van der Waals surface area (Å²) < 4.78 is 24.0. The molecular formula is C14H16FN3O2. The van der Waals surface area contributed by atoms with Crippen molar-refractivity contribution in [3.05, 3.63) is 35.5 Å². The van der Waals surface area contributed by atoms with Crippen LogP contribution in [0.2, 0.25) is 0 Å². The Morgan fingerprint density at radius 1 is 1.40 bits per heavy atom. The van der Waals surface area contributed by atoms with Gasteiger partial charge in [0.2, 0.25) is 11.7 Å². The van der Waals surface area contributed by atoms with Crippen LogP contribution < -0.4 is 5.73 Å². The molecule has 2 N–H and O–H groups in total. The number of benzene rings is 1. The van der Waals surface area contributed by atoms with Crippen molar-refractivity contribution in [3.8, 4) is 11.4 Å². The Kier molecular flexibility index (Phi) is 3.50. The Morgan fingerprint density at radius 3 is 3.05 bits per heavy atom. The number of halogens is 1. The number of ether oxygens (including phenoxy) is 1. The fourth-order valence-electron chi connectivity index (χ4n) is 2.34. The summed E-state index contributed by atoms with van der Waals surface area (Å²) in [6.07, 6.45) is 0.765. The topological polar surface area (TPSA) is 74.2 Å². The van der Waals surface area contributed by atoms with Gasteiger partial charge in [0.15, 0.2) is 0 Å². The van der Waals surface area contributed by atoms with Gasteiger partial charge in [-0.15, -0.1) is 0 Å². The number of nitrogens with zero attached hydrogens (tertiary/aromatic N) is 2. The molecule has 0 aliphatic carbocycles. The van der Waals surface area contributed by atoms with E-state index in [0.717, 1.165) is 12.0 Å². The maximum absolute atomic E-state index is 13.3. The van der Waals surface area contributed by atoms with Gasteiger partial charge in [-0.1, -0.05) is 11.2 Å². The Balaban J connectivity index is 1.91. The van der Waals surface area contributed by atoms with Gasteiger partial charge in [0.1, 0.15) is 5.82 Å². The average Bonchev–Trinajstić information content (AvgIpc) is 2.91. The number of hydrogen-bond donors (Lipinski definition) is 1. The molecule has 6 heteroatoms. The first-order chi connectivity index (χ1) is 9.65. The molecule has 0 radical (unpaired) electrons. The van der Waals surface area contributed by atoms with Crippen LogP contribution in [0.25, 0.3) is 11.4 Å². The Hall–Kier alpha value is -1.79. The lowest BCUT2D eigenvalue weighted by atomic mass is 9.97. The summed E-state index contributed by atoms with van der Waals surface area (Å²) in [5.41, 5.74) is 7.57. The summed E-state index contributed by atoms with van der Waals surface area (Å²) in [6.45, 7) is 3.01. The molecule has 1 saturated heterocycles. The second-order valence-corrected chi connectivity index (χ2v) is 5.05. The highest BCUT2D eigenvalue weighted by molar-refractivity contribution is 5.59. The maximum Gasteiger partial charge on any atom is 0.233 e. The number of hydrogen-bond acceptors (Lipinski definition) is 5. The monoisotopic (exact) mass is 277 g/mol. The van der Waals surface area contributed by atoms with E-state index in [0.29, 0.717) is 30.5 Å². The lowest BCUT2D eigenvalue weighted by Crippen LogP contribution is -2.37. The van der Waals surface area contributed by atoms with Gasteiger partial charge in [-0.3, -0.25) is 0 Å². The van der Waals surface area contributed by atoms with Crippen LogP contribution in [0, 0.1) is 12.7 Å². The normalized spacial score (nSPS) is 22.9. The lowest BCUT2D eigenvalue weighted by molar-refractivity contribution is 0.0590. The van der Waals surface area contributed by atoms with E-state index in [1.54, 1.807) is 6.07 Å². The van der Waals surface area contributed by atoms with Gasteiger partial charge in [0.05, 0.1) is 12.5 Å². The van der Waals surface area contributed by atoms with Crippen LogP contribution in [0.3, 0.4) is 0 Å². The van der Waals surface area contributed by atoms with Gasteiger partial charge in [-0.05, 0) is 31.0 Å². The first-order valence-electron chi connectivity index (χ1n) is 6.58. The second kappa shape index (κ2) is 5.30. The van der Waals surface area contributed by atoms with Crippen molar-refractivity contribution in [3.63, 3.8) is 0 Å². The first-order valence-corrected chi connectivity index (χ1v) is 6.58. The molecule has 2 aromatic rings. The highest BCUT2D eigenvalue weighted by Gasteiger charge is 2.29. The fraction of sp³-hybridized carbons (Fsp3) is 0.429. The van der Waals surface area contributed by atoms with Crippen LogP contribution in [-0.2, 0) is 4.74 Å². The number of rotatable bonds is 2. The molecule has 0 amide bonds. The Bertz CT molecular complexity index is 614. The molecule has 1 aliphatic rings. The summed E-state index contributed by atoms with van der Waals surface area (Å²) in [5, 5.41) is 3.93. The van der Waals surface area contributed by atoms with Crippen LogP contribution in [0.4, 0.5) is 4.39 Å². The molecule has 2 unspecified atom stereocenters. The van der Waals surface area contributed by atoms with Gasteiger partial charge in [-0.25, -0.2) is 4.39 Å². The van der Waals surface area contributed by atoms with Gasteiger partial charge in [0.25, 0.3) is 0 Å². The summed E-state index contributed by atoms with van der Waals surface area (Å²) >= 11 is 0. The van der Waals surface area contributed by atoms with Gasteiger partial charge in [0, 0.05) is 18.2 Å². The molecule has 1 aliphatic heterocycles. The maximum atomic E-state index is 13.3. The quantitative estimate of drug-likeness (QED) is 0.909. The Labute approximate surface area is 115 Å². The second-order valence-electron chi connectivity index (χ2n) is 5.05. The van der Waals surface area contributed by atoms with Gasteiger partial charge in [-0.2, -0.15) is 4.98 Å². The molecule has 0 saturated carbocycles. The van der Waals surface area contributed by atoms with E-state index >= 15 is 0 Å². The summed E-state index contributed by atoms with van der Waals surface area (Å²) in [7, 11) is 0. The van der Waals surface area contributed by atoms with E-state index in [2.05, 4.69) is 10.1 Å². The molecule has 2 atom stereocenters. The molecule has 1 aromatic carbocycles. The minimum absolute atomic E-state index is 0.0503. The molecule has 0 bridgehead atoms. The smallest absolute Gasteiger partial charge is 0.233 e. The van der Waals surface area contributed by atoms with Crippen molar-refractivity contribution in [1.29, 1.82) is 0 Å². The van der Waals surface area contributed by atoms with Gasteiger partial charge >= 0.3 is 0 Å². The van der Waals surface area contributed by atoms with E-state index in [4.69, 9.17) is 15.0 Å². The number of nitrogens with two attached hydrogens (primary N) is 1. The standard InChI is InChI=1S/C14H16FN3O2/c1-8-2-3-9(15)6-10(8)13-17-14(20-18-13)11-7-19-5-4-12(11)16/h2-3,6,11-12H,4-5,7,16H2,1H3. The fourth-order valence-corrected chi connectivity index (χ4v) is 2.34. The van der Waals surface area contributed by atoms with E-state index in [-0.39, 0.29) is 17.8 Å². The predicted molar refractivity (Wildman–Crippen MR) is 70.6 cm³/mol. The average molecular weight is 277 g/mol. The zero-order valence-corrected chi connectivity index (χ0v) is 11.2. The number of aromatic nitrogens is 2. The van der Waals surface area contributed by atoms with Crippen molar-refractivity contribution in [1.82, 2.24) is 10.1 Å². The third-order valence-corrected chi connectivity index (χ3v) is 3.61. The first kappa shape index (κ1) is 13.2. The molecule has 1 fully saturated rings. The third-order valence-electron chi connectivity index (χ3n) is 3.61. The third kappa shape index (κ3) is 2.44. The van der Waals surface area contributed by atoms with Crippen molar-refractivity contribution < 1.29 is 13.7 Å². The van der Waals surface area contributed by atoms with Crippen molar-refractivity contribution >= 4 is 0 Å². The highest BCUT2D eigenvalue weighted by atomic mass is 19.1. The van der Waals surface area contributed by atoms with Crippen molar-refractivity contribution in [2.75, 3.05) is 13.2 Å². The van der Waals surface area contributed by atoms with Crippen LogP contribution in [0.1, 0.15) is 23.8 Å². The molecule has 20 heavy (non-hydrogen) atoms. The molecule has 0 spiro atoms. The zero-order valence-electron chi connectivity index (χ0n) is 11.2. The minimum Gasteiger partial charge on any atom is -0.381 e.